The summed E-state index contributed by atoms with van der Waals surface area (Å²) in [6.45, 7) is 2.19. The predicted octanol–water partition coefficient (Wildman–Crippen LogP) is 2.65. The Morgan fingerprint density at radius 1 is 1.09 bits per heavy atom. The Kier molecular flexibility index (Phi) is 5.25. The number of nitrogen functional groups attached to an aromatic ring is 1. The van der Waals surface area contributed by atoms with Gasteiger partial charge in [0, 0.05) is 49.3 Å². The molecule has 170 valence electrons. The molecule has 1 aromatic carbocycles. The Hall–Kier alpha value is -4.60. The molecule has 0 radical (unpaired) electrons. The van der Waals surface area contributed by atoms with Crippen LogP contribution in [0.5, 0.6) is 0 Å². The van der Waals surface area contributed by atoms with Gasteiger partial charge in [0.15, 0.2) is 11.5 Å². The van der Waals surface area contributed by atoms with E-state index < -0.39 is 5.91 Å². The summed E-state index contributed by atoms with van der Waals surface area (Å²) in [6, 6.07) is 11.5. The van der Waals surface area contributed by atoms with Gasteiger partial charge in [-0.25, -0.2) is 15.0 Å². The maximum Gasteiger partial charge on any atom is 0.274 e. The number of nitrogens with zero attached hydrogens (tertiary/aromatic N) is 7. The summed E-state index contributed by atoms with van der Waals surface area (Å²) in [6.07, 6.45) is 5.32. The molecule has 1 amide bonds. The van der Waals surface area contributed by atoms with Crippen molar-refractivity contribution in [3.05, 3.63) is 72.2 Å². The summed E-state index contributed by atoms with van der Waals surface area (Å²) in [4.78, 5) is 31.0. The lowest BCUT2D eigenvalue weighted by Crippen LogP contribution is -2.27. The minimum absolute atomic E-state index is 0.0281. The van der Waals surface area contributed by atoms with Gasteiger partial charge in [0.25, 0.3) is 5.91 Å². The summed E-state index contributed by atoms with van der Waals surface area (Å²) in [5.74, 6) is 0.326. The van der Waals surface area contributed by atoms with Crippen molar-refractivity contribution in [3.8, 4) is 22.6 Å². The highest BCUT2D eigenvalue weighted by Gasteiger charge is 2.21. The first kappa shape index (κ1) is 21.3. The first-order valence-corrected chi connectivity index (χ1v) is 10.7. The van der Waals surface area contributed by atoms with Gasteiger partial charge in [0.05, 0.1) is 17.8 Å². The van der Waals surface area contributed by atoms with Crippen molar-refractivity contribution < 1.29 is 4.79 Å². The van der Waals surface area contributed by atoms with Crippen molar-refractivity contribution in [1.29, 1.82) is 0 Å². The summed E-state index contributed by atoms with van der Waals surface area (Å²) in [5, 5.41) is 8.26. The van der Waals surface area contributed by atoms with E-state index in [0.29, 0.717) is 17.1 Å². The van der Waals surface area contributed by atoms with Gasteiger partial charge in [-0.1, -0.05) is 12.1 Å². The maximum absolute atomic E-state index is 13.0. The predicted molar refractivity (Wildman–Crippen MR) is 128 cm³/mol. The van der Waals surface area contributed by atoms with Crippen LogP contribution in [0.1, 0.15) is 22.0 Å². The molecule has 0 saturated carbocycles. The second kappa shape index (κ2) is 8.39. The summed E-state index contributed by atoms with van der Waals surface area (Å²) < 4.78 is 3.59. The Labute approximate surface area is 195 Å². The van der Waals surface area contributed by atoms with E-state index in [1.807, 2.05) is 68.2 Å². The molecule has 10 heteroatoms. The van der Waals surface area contributed by atoms with E-state index in [2.05, 4.69) is 30.4 Å². The molecule has 34 heavy (non-hydrogen) atoms. The van der Waals surface area contributed by atoms with E-state index in [1.54, 1.807) is 17.1 Å². The van der Waals surface area contributed by atoms with Crippen LogP contribution in [0, 0.1) is 6.92 Å². The van der Waals surface area contributed by atoms with Crippen LogP contribution < -0.4 is 11.1 Å². The topological polar surface area (TPSA) is 129 Å². The van der Waals surface area contributed by atoms with Gasteiger partial charge in [0.2, 0.25) is 0 Å². The van der Waals surface area contributed by atoms with Crippen molar-refractivity contribution in [2.45, 2.75) is 13.5 Å². The normalized spacial score (nSPS) is 11.1. The molecule has 10 nitrogen and oxygen atoms in total. The number of carbonyl (C=O) groups is 1. The number of rotatable bonds is 5. The summed E-state index contributed by atoms with van der Waals surface area (Å²) in [5.41, 5.74) is 10.5. The molecule has 0 aliphatic rings. The highest BCUT2D eigenvalue weighted by molar-refractivity contribution is 5.98. The molecule has 0 aliphatic heterocycles. The Bertz CT molecular complexity index is 1530. The quantitative estimate of drug-likeness (QED) is 0.418. The van der Waals surface area contributed by atoms with Crippen LogP contribution >= 0.6 is 0 Å². The fourth-order valence-corrected chi connectivity index (χ4v) is 3.71. The van der Waals surface area contributed by atoms with E-state index in [-0.39, 0.29) is 18.1 Å². The Morgan fingerprint density at radius 3 is 2.68 bits per heavy atom. The second-order valence-corrected chi connectivity index (χ2v) is 8.00. The van der Waals surface area contributed by atoms with Gasteiger partial charge in [0.1, 0.15) is 17.2 Å². The number of hydrogen-bond acceptors (Lipinski definition) is 7. The van der Waals surface area contributed by atoms with E-state index in [1.165, 1.54) is 0 Å². The van der Waals surface area contributed by atoms with Crippen molar-refractivity contribution in [2.75, 3.05) is 5.73 Å². The van der Waals surface area contributed by atoms with Crippen molar-refractivity contribution in [1.82, 2.24) is 39.6 Å². The van der Waals surface area contributed by atoms with Gasteiger partial charge in [-0.05, 0) is 31.2 Å². The molecule has 0 unspecified atom stereocenters. The van der Waals surface area contributed by atoms with Crippen LogP contribution in [-0.4, -0.2) is 40.2 Å². The van der Waals surface area contributed by atoms with Crippen LogP contribution in [0.25, 0.3) is 33.5 Å². The number of aryl methyl sites for hydroxylation is 2. The molecule has 0 aliphatic carbocycles. The molecular formula is C24H23N9O. The van der Waals surface area contributed by atoms with Gasteiger partial charge in [-0.2, -0.15) is 5.10 Å². The third kappa shape index (κ3) is 3.85. The zero-order valence-corrected chi connectivity index (χ0v) is 19.0. The molecule has 4 aromatic heterocycles. The van der Waals surface area contributed by atoms with Crippen LogP contribution in [0.15, 0.2) is 55.0 Å². The molecule has 0 fully saturated rings. The Morgan fingerprint density at radius 2 is 1.94 bits per heavy atom. The SMILES string of the molecule is Cc1cnc(CNC(=O)c2nc(-c3ccc4ncccc4c3)c(-c3ccn(C)n3)nc2N)n1C. The monoisotopic (exact) mass is 453 g/mol. The van der Waals surface area contributed by atoms with Crippen LogP contribution in [0.2, 0.25) is 0 Å². The molecule has 3 N–H and O–H groups in total. The van der Waals surface area contributed by atoms with E-state index in [0.717, 1.165) is 28.0 Å². The van der Waals surface area contributed by atoms with Gasteiger partial charge < -0.3 is 15.6 Å². The minimum atomic E-state index is -0.429. The first-order valence-electron chi connectivity index (χ1n) is 10.7. The zero-order chi connectivity index (χ0) is 23.8. The number of fused-ring (bicyclic) bond motifs is 1. The van der Waals surface area contributed by atoms with Crippen LogP contribution in [-0.2, 0) is 20.6 Å². The number of amides is 1. The number of anilines is 1. The lowest BCUT2D eigenvalue weighted by molar-refractivity contribution is 0.0945. The highest BCUT2D eigenvalue weighted by atomic mass is 16.1. The van der Waals surface area contributed by atoms with E-state index in [4.69, 9.17) is 5.73 Å². The average molecular weight is 454 g/mol. The molecule has 0 atom stereocenters. The number of hydrogen-bond donors (Lipinski definition) is 2. The van der Waals surface area contributed by atoms with E-state index in [9.17, 15) is 4.79 Å². The first-order chi connectivity index (χ1) is 16.4. The van der Waals surface area contributed by atoms with E-state index >= 15 is 0 Å². The number of nitrogens with two attached hydrogens (primary N) is 1. The second-order valence-electron chi connectivity index (χ2n) is 8.00. The van der Waals surface area contributed by atoms with Gasteiger partial charge in [-0.3, -0.25) is 14.5 Å². The van der Waals surface area contributed by atoms with Crippen LogP contribution in [0.4, 0.5) is 5.82 Å². The number of benzene rings is 1. The van der Waals surface area contributed by atoms with Crippen LogP contribution in [0.3, 0.4) is 0 Å². The zero-order valence-electron chi connectivity index (χ0n) is 19.0. The number of pyridine rings is 1. The fraction of sp³-hybridized carbons (Fsp3) is 0.167. The molecule has 4 heterocycles. The van der Waals surface area contributed by atoms with Crippen molar-refractivity contribution in [2.24, 2.45) is 14.1 Å². The van der Waals surface area contributed by atoms with Gasteiger partial charge >= 0.3 is 0 Å². The summed E-state index contributed by atoms with van der Waals surface area (Å²) in [7, 11) is 3.72. The molecule has 0 bridgehead atoms. The van der Waals surface area contributed by atoms with Crippen molar-refractivity contribution in [3.63, 3.8) is 0 Å². The third-order valence-corrected chi connectivity index (χ3v) is 5.69. The lowest BCUT2D eigenvalue weighted by atomic mass is 10.0. The highest BCUT2D eigenvalue weighted by Crippen LogP contribution is 2.31. The van der Waals surface area contributed by atoms with Crippen molar-refractivity contribution >= 4 is 22.6 Å². The number of imidazole rings is 1. The average Bonchev–Trinajstić information content (AvgIpc) is 3.42. The summed E-state index contributed by atoms with van der Waals surface area (Å²) >= 11 is 0. The molecule has 5 aromatic rings. The molecule has 5 rings (SSSR count). The van der Waals surface area contributed by atoms with Gasteiger partial charge in [-0.15, -0.1) is 0 Å². The molecule has 0 spiro atoms. The maximum atomic E-state index is 13.0. The number of carbonyl (C=O) groups excluding carboxylic acids is 1. The molecule has 0 saturated heterocycles. The largest absolute Gasteiger partial charge is 0.382 e. The lowest BCUT2D eigenvalue weighted by Gasteiger charge is -2.12. The number of nitrogens with one attached hydrogen (secondary N) is 1. The third-order valence-electron chi connectivity index (χ3n) is 5.69. The smallest absolute Gasteiger partial charge is 0.274 e. The standard InChI is InChI=1S/C24H23N9O/c1-14-12-27-19(33(14)3)13-28-24(34)22-23(25)30-21(18-8-10-32(2)31-18)20(29-22)16-6-7-17-15(11-16)5-4-9-26-17/h4-12H,13H2,1-3H3,(H2,25,30)(H,28,34). The number of aromatic nitrogens is 7. The minimum Gasteiger partial charge on any atom is -0.382 e. The fourth-order valence-electron chi connectivity index (χ4n) is 3.71. The Balaban J connectivity index is 1.58. The molecular weight excluding hydrogens is 430 g/mol.